The largest absolute Gasteiger partial charge is 0.343 e. The smallest absolute Gasteiger partial charge is 0.223 e. The molecule has 0 aromatic rings. The van der Waals surface area contributed by atoms with Crippen molar-refractivity contribution in [1.29, 1.82) is 0 Å². The van der Waals surface area contributed by atoms with E-state index in [2.05, 4.69) is 26.1 Å². The van der Waals surface area contributed by atoms with Gasteiger partial charge in [-0.2, -0.15) is 11.8 Å². The molecular weight excluding hydrogens is 244 g/mol. The molecule has 1 N–H and O–H groups in total. The second-order valence-corrected chi connectivity index (χ2v) is 6.65. The molecule has 1 rings (SSSR count). The predicted molar refractivity (Wildman–Crippen MR) is 80.1 cm³/mol. The van der Waals surface area contributed by atoms with Gasteiger partial charge in [0, 0.05) is 37.8 Å². The number of nitrogens with zero attached hydrogens (tertiary/aromatic N) is 1. The van der Waals surface area contributed by atoms with Crippen LogP contribution in [0.1, 0.15) is 40.0 Å². The topological polar surface area (TPSA) is 32.3 Å². The molecule has 0 radical (unpaired) electrons. The summed E-state index contributed by atoms with van der Waals surface area (Å²) in [6.07, 6.45) is 2.99. The average Bonchev–Trinajstić information content (AvgIpc) is 2.37. The zero-order valence-corrected chi connectivity index (χ0v) is 12.9. The normalized spacial score (nSPS) is 18.9. The van der Waals surface area contributed by atoms with Crippen LogP contribution in [0.15, 0.2) is 0 Å². The summed E-state index contributed by atoms with van der Waals surface area (Å²) in [6, 6.07) is 0.504. The first-order valence-electron chi connectivity index (χ1n) is 7.22. The Labute approximate surface area is 116 Å². The lowest BCUT2D eigenvalue weighted by atomic mass is 9.99. The molecule has 0 aromatic carbocycles. The highest BCUT2D eigenvalue weighted by Gasteiger charge is 2.19. The van der Waals surface area contributed by atoms with Gasteiger partial charge in [0.25, 0.3) is 0 Å². The summed E-state index contributed by atoms with van der Waals surface area (Å²) in [5.74, 6) is 3.41. The third kappa shape index (κ3) is 6.10. The molecule has 0 aliphatic carbocycles. The van der Waals surface area contributed by atoms with Gasteiger partial charge in [-0.25, -0.2) is 0 Å². The van der Waals surface area contributed by atoms with E-state index < -0.39 is 0 Å². The van der Waals surface area contributed by atoms with Crippen molar-refractivity contribution >= 4 is 17.7 Å². The number of hydrogen-bond acceptors (Lipinski definition) is 3. The first-order chi connectivity index (χ1) is 8.63. The van der Waals surface area contributed by atoms with E-state index in [9.17, 15) is 4.79 Å². The van der Waals surface area contributed by atoms with E-state index in [1.54, 1.807) is 0 Å². The van der Waals surface area contributed by atoms with Crippen molar-refractivity contribution in [3.63, 3.8) is 0 Å². The number of hydrogen-bond donors (Lipinski definition) is 1. The Morgan fingerprint density at radius 1 is 1.44 bits per heavy atom. The van der Waals surface area contributed by atoms with E-state index in [-0.39, 0.29) is 0 Å². The van der Waals surface area contributed by atoms with Crippen LogP contribution in [-0.4, -0.2) is 48.0 Å². The minimum Gasteiger partial charge on any atom is -0.343 e. The van der Waals surface area contributed by atoms with E-state index >= 15 is 0 Å². The maximum Gasteiger partial charge on any atom is 0.223 e. The second kappa shape index (κ2) is 8.81. The number of carbonyl (C=O) groups excluding carboxylic acids is 1. The van der Waals surface area contributed by atoms with E-state index in [1.807, 2.05) is 16.7 Å². The van der Waals surface area contributed by atoms with Crippen LogP contribution in [0, 0.1) is 5.92 Å². The molecule has 1 aliphatic heterocycles. The summed E-state index contributed by atoms with van der Waals surface area (Å²) in [6.45, 7) is 9.38. The fourth-order valence-corrected chi connectivity index (χ4v) is 2.90. The lowest BCUT2D eigenvalue weighted by molar-refractivity contribution is -0.132. The molecular formula is C14H28N2OS. The Kier molecular flexibility index (Phi) is 7.75. The zero-order chi connectivity index (χ0) is 13.4. The lowest BCUT2D eigenvalue weighted by Crippen LogP contribution is -2.40. The van der Waals surface area contributed by atoms with Crippen LogP contribution in [0.5, 0.6) is 0 Å². The van der Waals surface area contributed by atoms with Crippen LogP contribution in [0.25, 0.3) is 0 Å². The van der Waals surface area contributed by atoms with Crippen molar-refractivity contribution in [2.75, 3.05) is 31.1 Å². The third-order valence-electron chi connectivity index (χ3n) is 3.54. The Morgan fingerprint density at radius 2 is 2.11 bits per heavy atom. The predicted octanol–water partition coefficient (Wildman–Crippen LogP) is 2.37. The molecule has 18 heavy (non-hydrogen) atoms. The van der Waals surface area contributed by atoms with Crippen molar-refractivity contribution in [2.24, 2.45) is 5.92 Å². The second-order valence-electron chi connectivity index (χ2n) is 5.33. The van der Waals surface area contributed by atoms with Crippen molar-refractivity contribution in [2.45, 2.75) is 46.1 Å². The summed E-state index contributed by atoms with van der Waals surface area (Å²) in [4.78, 5) is 14.0. The highest BCUT2D eigenvalue weighted by Crippen LogP contribution is 2.16. The molecule has 0 bridgehead atoms. The Balaban J connectivity index is 2.09. The van der Waals surface area contributed by atoms with E-state index in [0.29, 0.717) is 18.4 Å². The van der Waals surface area contributed by atoms with Crippen LogP contribution in [-0.2, 0) is 4.79 Å². The highest BCUT2D eigenvalue weighted by molar-refractivity contribution is 7.99. The monoisotopic (exact) mass is 272 g/mol. The molecule has 0 unspecified atom stereocenters. The lowest BCUT2D eigenvalue weighted by Gasteiger charge is -2.30. The molecule has 1 saturated heterocycles. The number of amides is 1. The number of carbonyl (C=O) groups is 1. The fourth-order valence-electron chi connectivity index (χ4n) is 2.20. The zero-order valence-electron chi connectivity index (χ0n) is 12.1. The standard InChI is InChI=1S/C14H28N2OS/c1-4-18-11-13(3)15-8-5-14(17)16-9-6-12(2)7-10-16/h12-13,15H,4-11H2,1-3H3/t13-/m0/s1. The van der Waals surface area contributed by atoms with E-state index in [1.165, 1.54) is 12.8 Å². The molecule has 1 heterocycles. The van der Waals surface area contributed by atoms with Gasteiger partial charge in [0.15, 0.2) is 0 Å². The molecule has 1 fully saturated rings. The molecule has 1 atom stereocenters. The van der Waals surface area contributed by atoms with Gasteiger partial charge in [-0.15, -0.1) is 0 Å². The van der Waals surface area contributed by atoms with Gasteiger partial charge < -0.3 is 10.2 Å². The van der Waals surface area contributed by atoms with Gasteiger partial charge >= 0.3 is 0 Å². The molecule has 1 amide bonds. The Bertz CT molecular complexity index is 240. The fraction of sp³-hybridized carbons (Fsp3) is 0.929. The number of rotatable bonds is 7. The molecule has 3 nitrogen and oxygen atoms in total. The van der Waals surface area contributed by atoms with Crippen LogP contribution in [0.2, 0.25) is 0 Å². The molecule has 0 saturated carbocycles. The number of likely N-dealkylation sites (tertiary alicyclic amines) is 1. The number of piperidine rings is 1. The van der Waals surface area contributed by atoms with Crippen molar-refractivity contribution < 1.29 is 4.79 Å². The van der Waals surface area contributed by atoms with E-state index in [4.69, 9.17) is 0 Å². The van der Waals surface area contributed by atoms with Gasteiger partial charge in [0.2, 0.25) is 5.91 Å². The quantitative estimate of drug-likeness (QED) is 0.772. The van der Waals surface area contributed by atoms with Crippen molar-refractivity contribution in [1.82, 2.24) is 10.2 Å². The van der Waals surface area contributed by atoms with E-state index in [0.717, 1.165) is 37.1 Å². The highest BCUT2D eigenvalue weighted by atomic mass is 32.2. The maximum atomic E-state index is 12.0. The minimum absolute atomic E-state index is 0.324. The summed E-state index contributed by atoms with van der Waals surface area (Å²) >= 11 is 1.95. The van der Waals surface area contributed by atoms with Crippen LogP contribution < -0.4 is 5.32 Å². The van der Waals surface area contributed by atoms with Gasteiger partial charge in [-0.05, 0) is 31.4 Å². The summed E-state index contributed by atoms with van der Waals surface area (Å²) < 4.78 is 0. The van der Waals surface area contributed by atoms with Gasteiger partial charge in [-0.1, -0.05) is 13.8 Å². The Morgan fingerprint density at radius 3 is 2.72 bits per heavy atom. The number of nitrogens with one attached hydrogen (secondary N) is 1. The first-order valence-corrected chi connectivity index (χ1v) is 8.37. The summed E-state index contributed by atoms with van der Waals surface area (Å²) in [5, 5.41) is 3.43. The van der Waals surface area contributed by atoms with Crippen LogP contribution >= 0.6 is 11.8 Å². The van der Waals surface area contributed by atoms with Gasteiger partial charge in [-0.3, -0.25) is 4.79 Å². The van der Waals surface area contributed by atoms with Crippen LogP contribution in [0.4, 0.5) is 0 Å². The molecule has 1 aliphatic rings. The van der Waals surface area contributed by atoms with Gasteiger partial charge in [0.1, 0.15) is 0 Å². The molecule has 4 heteroatoms. The molecule has 106 valence electrons. The third-order valence-corrected chi connectivity index (χ3v) is 4.68. The summed E-state index contributed by atoms with van der Waals surface area (Å²) in [5.41, 5.74) is 0. The maximum absolute atomic E-state index is 12.0. The number of thioether (sulfide) groups is 1. The summed E-state index contributed by atoms with van der Waals surface area (Å²) in [7, 11) is 0. The van der Waals surface area contributed by atoms with Crippen molar-refractivity contribution in [3.05, 3.63) is 0 Å². The van der Waals surface area contributed by atoms with Gasteiger partial charge in [0.05, 0.1) is 0 Å². The van der Waals surface area contributed by atoms with Crippen LogP contribution in [0.3, 0.4) is 0 Å². The molecule has 0 spiro atoms. The van der Waals surface area contributed by atoms with Crippen molar-refractivity contribution in [3.8, 4) is 0 Å². The average molecular weight is 272 g/mol. The molecule has 0 aromatic heterocycles. The Hall–Kier alpha value is -0.220. The first kappa shape index (κ1) is 15.8. The SMILES string of the molecule is CCSC[C@H](C)NCCC(=O)N1CCC(C)CC1. The minimum atomic E-state index is 0.324.